The molecule has 2 heterocycles. The van der Waals surface area contributed by atoms with Gasteiger partial charge in [-0.05, 0) is 78.9 Å². The van der Waals surface area contributed by atoms with Crippen LogP contribution in [0.2, 0.25) is 5.02 Å². The number of fused-ring (bicyclic) bond motifs is 4. The molecule has 258 valence electrons. The number of anilines is 2. The number of para-hydroxylation sites is 2. The number of nitrogens with zero attached hydrogens (tertiary/aromatic N) is 2. The van der Waals surface area contributed by atoms with Crippen molar-refractivity contribution in [2.24, 2.45) is 23.7 Å². The highest BCUT2D eigenvalue weighted by atomic mass is 35.5. The molecule has 6 unspecified atom stereocenters. The molecule has 8 rings (SSSR count). The van der Waals surface area contributed by atoms with Crippen molar-refractivity contribution in [3.63, 3.8) is 0 Å². The summed E-state index contributed by atoms with van der Waals surface area (Å²) in [4.78, 5) is 59.7. The van der Waals surface area contributed by atoms with E-state index < -0.39 is 52.6 Å². The Balaban J connectivity index is 1.34. The maximum atomic E-state index is 15.3. The predicted octanol–water partition coefficient (Wildman–Crippen LogP) is 6.04. The lowest BCUT2D eigenvalue weighted by atomic mass is 9.49. The first-order chi connectivity index (χ1) is 24.7. The normalized spacial score (nSPS) is 26.8. The number of amides is 4. The summed E-state index contributed by atoms with van der Waals surface area (Å²) in [5.41, 5.74) is 4.13. The number of imide groups is 2. The average Bonchev–Trinajstić information content (AvgIpc) is 3.53. The van der Waals surface area contributed by atoms with Gasteiger partial charge in [0.25, 0.3) is 11.8 Å². The molecule has 11 heteroatoms. The zero-order valence-electron chi connectivity index (χ0n) is 27.2. The van der Waals surface area contributed by atoms with Crippen molar-refractivity contribution in [2.45, 2.75) is 24.2 Å². The molecule has 51 heavy (non-hydrogen) atoms. The van der Waals surface area contributed by atoms with Crippen LogP contribution in [0.3, 0.4) is 0 Å². The van der Waals surface area contributed by atoms with Crippen LogP contribution < -0.4 is 15.1 Å². The smallest absolute Gasteiger partial charge is 0.260 e. The molecule has 4 amide bonds. The molecule has 2 N–H and O–H groups in total. The van der Waals surface area contributed by atoms with Crippen LogP contribution in [-0.2, 0) is 24.6 Å². The highest BCUT2D eigenvalue weighted by Crippen LogP contribution is 2.65. The monoisotopic (exact) mass is 705 g/mol. The summed E-state index contributed by atoms with van der Waals surface area (Å²) in [6, 6.07) is 28.2. The predicted molar refractivity (Wildman–Crippen MR) is 187 cm³/mol. The van der Waals surface area contributed by atoms with Crippen LogP contribution in [0.5, 0.6) is 5.75 Å². The number of aliphatic hydroxyl groups excluding tert-OH is 1. The fourth-order valence-corrected chi connectivity index (χ4v) is 8.96. The van der Waals surface area contributed by atoms with E-state index in [0.717, 1.165) is 10.6 Å². The molecule has 1 saturated carbocycles. The Morgan fingerprint density at radius 1 is 0.843 bits per heavy atom. The molecule has 2 saturated heterocycles. The Labute approximate surface area is 298 Å². The third-order valence-electron chi connectivity index (χ3n) is 10.8. The van der Waals surface area contributed by atoms with Gasteiger partial charge in [0.15, 0.2) is 0 Å². The van der Waals surface area contributed by atoms with Gasteiger partial charge in [-0.3, -0.25) is 29.5 Å². The summed E-state index contributed by atoms with van der Waals surface area (Å²) >= 11 is 6.37. The number of carbonyl (C=O) groups is 4. The highest BCUT2D eigenvalue weighted by Gasteiger charge is 2.70. The van der Waals surface area contributed by atoms with Crippen molar-refractivity contribution >= 4 is 46.6 Å². The molecular weight excluding hydrogens is 673 g/mol. The average molecular weight is 706 g/mol. The summed E-state index contributed by atoms with van der Waals surface area (Å²) in [6.45, 7) is -0.268. The maximum Gasteiger partial charge on any atom is 0.260 e. The zero-order chi connectivity index (χ0) is 35.4. The second kappa shape index (κ2) is 12.8. The van der Waals surface area contributed by atoms with Gasteiger partial charge in [0, 0.05) is 16.5 Å². The quantitative estimate of drug-likeness (QED) is 0.170. The number of carbonyl (C=O) groups excluding carboxylic acids is 4. The van der Waals surface area contributed by atoms with Crippen molar-refractivity contribution in [2.75, 3.05) is 23.5 Å². The van der Waals surface area contributed by atoms with Crippen LogP contribution in [-0.4, -0.2) is 47.0 Å². The summed E-state index contributed by atoms with van der Waals surface area (Å²) < 4.78 is 19.9. The lowest BCUT2D eigenvalue weighted by Crippen LogP contribution is -2.53. The molecular formula is C40H33ClFN3O6. The SMILES string of the molecule is O=C1C2CC3C(=CCC4C(=O)N(c5ccccc5)C(=O)C43)C(c3ccccc3OCCO)C2(c2ccc(Cl)cc2)C(=O)N1Nc1ccc(F)cc1. The van der Waals surface area contributed by atoms with Gasteiger partial charge < -0.3 is 9.84 Å². The topological polar surface area (TPSA) is 116 Å². The summed E-state index contributed by atoms with van der Waals surface area (Å²) in [5.74, 6) is -5.56. The maximum absolute atomic E-state index is 15.3. The Bertz CT molecular complexity index is 2070. The number of rotatable bonds is 8. The Kier molecular flexibility index (Phi) is 8.23. The molecule has 4 aromatic rings. The molecule has 0 aromatic heterocycles. The summed E-state index contributed by atoms with van der Waals surface area (Å²) in [7, 11) is 0. The first-order valence-corrected chi connectivity index (χ1v) is 17.3. The first-order valence-electron chi connectivity index (χ1n) is 16.9. The number of aliphatic hydroxyl groups is 1. The van der Waals surface area contributed by atoms with Crippen molar-refractivity contribution in [3.8, 4) is 5.75 Å². The van der Waals surface area contributed by atoms with E-state index in [1.54, 1.807) is 60.7 Å². The second-order valence-corrected chi connectivity index (χ2v) is 13.8. The molecule has 6 atom stereocenters. The van der Waals surface area contributed by atoms with Gasteiger partial charge in [0.05, 0.1) is 41.2 Å². The van der Waals surface area contributed by atoms with Crippen LogP contribution in [0.25, 0.3) is 0 Å². The number of hydrogen-bond donors (Lipinski definition) is 2. The van der Waals surface area contributed by atoms with E-state index in [-0.39, 0.29) is 37.9 Å². The van der Waals surface area contributed by atoms with Crippen LogP contribution in [0.15, 0.2) is 115 Å². The van der Waals surface area contributed by atoms with E-state index in [0.29, 0.717) is 33.3 Å². The number of nitrogens with one attached hydrogen (secondary N) is 1. The first kappa shape index (κ1) is 32.9. The van der Waals surface area contributed by atoms with E-state index in [4.69, 9.17) is 16.3 Å². The minimum atomic E-state index is -1.55. The molecule has 2 aliphatic carbocycles. The standard InChI is InChI=1S/C40H33ClFN3O6/c41-24-12-10-23(11-13-24)40-32(37(48)45(39(40)50)43-26-16-14-25(42)15-17-26)22-31-28(35(40)29-8-4-5-9-33(29)51-21-20-46)18-19-30-34(31)38(49)44(36(30)47)27-6-2-1-3-7-27/h1-18,30-32,34-35,43,46H,19-22H2. The number of ether oxygens (including phenoxy) is 1. The van der Waals surface area contributed by atoms with E-state index in [2.05, 4.69) is 5.43 Å². The van der Waals surface area contributed by atoms with Gasteiger partial charge in [0.1, 0.15) is 18.2 Å². The summed E-state index contributed by atoms with van der Waals surface area (Å²) in [5, 5.41) is 11.2. The summed E-state index contributed by atoms with van der Waals surface area (Å²) in [6.07, 6.45) is 2.35. The largest absolute Gasteiger partial charge is 0.491 e. The molecule has 4 aliphatic rings. The van der Waals surface area contributed by atoms with Gasteiger partial charge in [-0.1, -0.05) is 71.8 Å². The minimum absolute atomic E-state index is 0.0154. The number of hydrazine groups is 1. The zero-order valence-corrected chi connectivity index (χ0v) is 28.0. The highest BCUT2D eigenvalue weighted by molar-refractivity contribution is 6.30. The van der Waals surface area contributed by atoms with Crippen LogP contribution in [0, 0.1) is 29.5 Å². The van der Waals surface area contributed by atoms with Crippen LogP contribution >= 0.6 is 11.6 Å². The van der Waals surface area contributed by atoms with E-state index in [1.165, 1.54) is 29.2 Å². The Morgan fingerprint density at radius 2 is 1.55 bits per heavy atom. The lowest BCUT2D eigenvalue weighted by molar-refractivity contribution is -0.138. The third-order valence-corrected chi connectivity index (χ3v) is 11.1. The van der Waals surface area contributed by atoms with E-state index >= 15 is 4.79 Å². The van der Waals surface area contributed by atoms with Gasteiger partial charge >= 0.3 is 0 Å². The van der Waals surface area contributed by atoms with Gasteiger partial charge in [-0.15, -0.1) is 0 Å². The fraction of sp³-hybridized carbons (Fsp3) is 0.250. The molecule has 2 aliphatic heterocycles. The third kappa shape index (κ3) is 5.07. The van der Waals surface area contributed by atoms with Gasteiger partial charge in [-0.2, -0.15) is 5.01 Å². The lowest BCUT2D eigenvalue weighted by Gasteiger charge is -2.50. The Morgan fingerprint density at radius 3 is 2.27 bits per heavy atom. The molecule has 3 fully saturated rings. The second-order valence-electron chi connectivity index (χ2n) is 13.3. The van der Waals surface area contributed by atoms with Gasteiger partial charge in [-0.25, -0.2) is 4.39 Å². The Hall–Kier alpha value is -5.32. The number of benzene rings is 4. The van der Waals surface area contributed by atoms with Crippen molar-refractivity contribution in [1.29, 1.82) is 0 Å². The van der Waals surface area contributed by atoms with E-state index in [9.17, 15) is 23.9 Å². The molecule has 0 radical (unpaired) electrons. The molecule has 4 aromatic carbocycles. The number of allylic oxidation sites excluding steroid dienone is 2. The number of halogens is 2. The molecule has 9 nitrogen and oxygen atoms in total. The van der Waals surface area contributed by atoms with Gasteiger partial charge in [0.2, 0.25) is 11.8 Å². The van der Waals surface area contributed by atoms with Crippen LogP contribution in [0.4, 0.5) is 15.8 Å². The number of hydrogen-bond acceptors (Lipinski definition) is 7. The molecule has 0 spiro atoms. The fourth-order valence-electron chi connectivity index (χ4n) is 8.84. The van der Waals surface area contributed by atoms with Crippen molar-refractivity contribution in [3.05, 3.63) is 137 Å². The van der Waals surface area contributed by atoms with Crippen molar-refractivity contribution < 1.29 is 33.4 Å². The van der Waals surface area contributed by atoms with Crippen LogP contribution in [0.1, 0.15) is 29.9 Å². The van der Waals surface area contributed by atoms with Crippen molar-refractivity contribution in [1.82, 2.24) is 5.01 Å². The van der Waals surface area contributed by atoms with E-state index in [1.807, 2.05) is 24.3 Å². The molecule has 0 bridgehead atoms. The minimum Gasteiger partial charge on any atom is -0.491 e.